The summed E-state index contributed by atoms with van der Waals surface area (Å²) in [6, 6.07) is 0. The van der Waals surface area contributed by atoms with Gasteiger partial charge in [0.05, 0.1) is 5.41 Å². The Labute approximate surface area is 98.4 Å². The number of rotatable bonds is 2. The number of carboxylic acids is 1. The molecule has 0 atom stereocenters. The normalized spacial score (nSPS) is 10.1. The van der Waals surface area contributed by atoms with Crippen LogP contribution >= 0.6 is 0 Å². The molecule has 0 saturated carbocycles. The van der Waals surface area contributed by atoms with Gasteiger partial charge < -0.3 is 5.11 Å². The van der Waals surface area contributed by atoms with E-state index >= 15 is 0 Å². The van der Waals surface area contributed by atoms with Crippen molar-refractivity contribution in [1.29, 1.82) is 0 Å². The Morgan fingerprint density at radius 3 is 1.89 bits per heavy atom. The maximum absolute atomic E-state index is 10.3. The van der Waals surface area contributed by atoms with Crippen LogP contribution in [0.1, 0.15) is 27.2 Å². The summed E-state index contributed by atoms with van der Waals surface area (Å²) in [6.45, 7) is 5.30. The fourth-order valence-electron chi connectivity index (χ4n) is 0.151. The van der Waals surface area contributed by atoms with E-state index in [-0.39, 0.29) is 51.4 Å². The number of carboxylic acid groups (broad SMARTS) is 1. The van der Waals surface area contributed by atoms with E-state index in [1.165, 1.54) is 0 Å². The van der Waals surface area contributed by atoms with Crippen LogP contribution < -0.4 is 0 Å². The molecule has 3 heteroatoms. The van der Waals surface area contributed by atoms with Gasteiger partial charge in [0.2, 0.25) is 0 Å². The van der Waals surface area contributed by atoms with Gasteiger partial charge >= 0.3 is 57.4 Å². The average Bonchev–Trinajstić information content (AvgIpc) is 1.67. The van der Waals surface area contributed by atoms with Crippen molar-refractivity contribution in [2.75, 3.05) is 0 Å². The van der Waals surface area contributed by atoms with Crippen molar-refractivity contribution in [3.63, 3.8) is 0 Å². The molecule has 0 aliphatic rings. The van der Waals surface area contributed by atoms with Gasteiger partial charge in [-0.25, -0.2) is 0 Å². The predicted octanol–water partition coefficient (Wildman–Crippen LogP) is 0.859. The molecule has 0 aromatic carbocycles. The van der Waals surface area contributed by atoms with Crippen LogP contribution in [0.15, 0.2) is 0 Å². The first-order valence-corrected chi connectivity index (χ1v) is 2.74. The van der Waals surface area contributed by atoms with Crippen molar-refractivity contribution in [2.24, 2.45) is 5.41 Å². The molecule has 0 aliphatic heterocycles. The molecule has 0 radical (unpaired) electrons. The molecular weight excluding hydrogens is 143 g/mol. The van der Waals surface area contributed by atoms with Gasteiger partial charge in [-0.15, -0.1) is 0 Å². The van der Waals surface area contributed by atoms with Crippen LogP contribution in [0.25, 0.3) is 0 Å². The van der Waals surface area contributed by atoms with Crippen LogP contribution in [0.2, 0.25) is 0 Å². The molecule has 0 amide bonds. The molecule has 0 aromatic rings. The molecule has 1 N–H and O–H groups in total. The SMILES string of the molecule is CCC(C)(C)C(=O)O.[KH]. The van der Waals surface area contributed by atoms with Crippen molar-refractivity contribution < 1.29 is 9.90 Å². The summed E-state index contributed by atoms with van der Waals surface area (Å²) >= 11 is 0. The Balaban J connectivity index is 0. The summed E-state index contributed by atoms with van der Waals surface area (Å²) < 4.78 is 0. The quantitative estimate of drug-likeness (QED) is 0.602. The molecule has 0 aromatic heterocycles. The van der Waals surface area contributed by atoms with Gasteiger partial charge in [-0.05, 0) is 20.3 Å². The monoisotopic (exact) mass is 156 g/mol. The number of hydrogen-bond acceptors (Lipinski definition) is 1. The number of aliphatic carboxylic acids is 1. The van der Waals surface area contributed by atoms with Gasteiger partial charge in [-0.3, -0.25) is 4.79 Å². The van der Waals surface area contributed by atoms with Crippen molar-refractivity contribution >= 4 is 57.4 Å². The van der Waals surface area contributed by atoms with Crippen molar-refractivity contribution in [2.45, 2.75) is 27.2 Å². The number of hydrogen-bond donors (Lipinski definition) is 1. The molecule has 0 spiro atoms. The van der Waals surface area contributed by atoms with Crippen molar-refractivity contribution in [3.05, 3.63) is 0 Å². The second kappa shape index (κ2) is 4.85. The fraction of sp³-hybridized carbons (Fsp3) is 0.833. The zero-order valence-corrected chi connectivity index (χ0v) is 5.56. The van der Waals surface area contributed by atoms with Gasteiger partial charge in [-0.1, -0.05) is 6.92 Å². The van der Waals surface area contributed by atoms with Crippen LogP contribution in [-0.2, 0) is 4.79 Å². The van der Waals surface area contributed by atoms with E-state index in [0.29, 0.717) is 6.42 Å². The number of carbonyl (C=O) groups is 1. The zero-order valence-electron chi connectivity index (χ0n) is 5.56. The van der Waals surface area contributed by atoms with E-state index in [2.05, 4.69) is 0 Å². The molecule has 0 fully saturated rings. The molecule has 0 heterocycles. The molecule has 9 heavy (non-hydrogen) atoms. The molecule has 0 unspecified atom stereocenters. The zero-order chi connectivity index (χ0) is 6.78. The van der Waals surface area contributed by atoms with Gasteiger partial charge in [-0.2, -0.15) is 0 Å². The maximum atomic E-state index is 10.3. The first-order valence-electron chi connectivity index (χ1n) is 2.74. The predicted molar refractivity (Wildman–Crippen MR) is 38.9 cm³/mol. The van der Waals surface area contributed by atoms with E-state index in [0.717, 1.165) is 0 Å². The van der Waals surface area contributed by atoms with Gasteiger partial charge in [0.25, 0.3) is 0 Å². The summed E-state index contributed by atoms with van der Waals surface area (Å²) in [6.07, 6.45) is 0.683. The third-order valence-corrected chi connectivity index (χ3v) is 1.46. The fourth-order valence-corrected chi connectivity index (χ4v) is 0.151. The van der Waals surface area contributed by atoms with E-state index in [1.807, 2.05) is 6.92 Å². The summed E-state index contributed by atoms with van der Waals surface area (Å²) in [4.78, 5) is 10.3. The molecule has 2 nitrogen and oxygen atoms in total. The second-order valence-electron chi connectivity index (χ2n) is 2.54. The summed E-state index contributed by atoms with van der Waals surface area (Å²) in [5.41, 5.74) is -0.542. The molecule has 50 valence electrons. The summed E-state index contributed by atoms with van der Waals surface area (Å²) in [7, 11) is 0. The Hall–Kier alpha value is 1.11. The van der Waals surface area contributed by atoms with Crippen molar-refractivity contribution in [1.82, 2.24) is 0 Å². The van der Waals surface area contributed by atoms with Crippen LogP contribution in [0.3, 0.4) is 0 Å². The topological polar surface area (TPSA) is 37.3 Å². The first-order chi connectivity index (χ1) is 3.50. The van der Waals surface area contributed by atoms with Gasteiger partial charge in [0.1, 0.15) is 0 Å². The standard InChI is InChI=1S/C6H12O2.K.H/c1-4-6(2,3)5(7)8;;/h4H2,1-3H3,(H,7,8);;. The Morgan fingerprint density at radius 2 is 1.89 bits per heavy atom. The van der Waals surface area contributed by atoms with Gasteiger partial charge in [0.15, 0.2) is 0 Å². The van der Waals surface area contributed by atoms with Crippen molar-refractivity contribution in [3.8, 4) is 0 Å². The Kier molecular flexibility index (Phi) is 6.87. The second-order valence-corrected chi connectivity index (χ2v) is 2.54. The van der Waals surface area contributed by atoms with Crippen LogP contribution in [-0.4, -0.2) is 62.5 Å². The minimum atomic E-state index is -0.722. The van der Waals surface area contributed by atoms with E-state index in [4.69, 9.17) is 5.11 Å². The first kappa shape index (κ1) is 12.8. The summed E-state index contributed by atoms with van der Waals surface area (Å²) in [5, 5.41) is 8.44. The van der Waals surface area contributed by atoms with Gasteiger partial charge in [0, 0.05) is 0 Å². The van der Waals surface area contributed by atoms with E-state index < -0.39 is 11.4 Å². The Bertz CT molecular complexity index is 99.2. The van der Waals surface area contributed by atoms with E-state index in [1.54, 1.807) is 13.8 Å². The molecule has 0 saturated heterocycles. The molecule has 0 rings (SSSR count). The van der Waals surface area contributed by atoms with Crippen LogP contribution in [0.5, 0.6) is 0 Å². The third-order valence-electron chi connectivity index (χ3n) is 1.46. The van der Waals surface area contributed by atoms with E-state index in [9.17, 15) is 4.79 Å². The molecular formula is C6H13KO2. The average molecular weight is 156 g/mol. The molecule has 0 bridgehead atoms. The summed E-state index contributed by atoms with van der Waals surface area (Å²) in [5.74, 6) is -0.722. The third kappa shape index (κ3) is 4.50. The van der Waals surface area contributed by atoms with Crippen LogP contribution in [0.4, 0.5) is 0 Å². The minimum absolute atomic E-state index is 0. The van der Waals surface area contributed by atoms with Crippen LogP contribution in [0, 0.1) is 5.41 Å². The Morgan fingerprint density at radius 1 is 1.56 bits per heavy atom. The molecule has 0 aliphatic carbocycles.